The Balaban J connectivity index is 1.60. The number of hydrogen-bond acceptors (Lipinski definition) is 6. The third-order valence-corrected chi connectivity index (χ3v) is 4.55. The van der Waals surface area contributed by atoms with Crippen molar-refractivity contribution in [3.05, 3.63) is 59.7 Å². The lowest BCUT2D eigenvalue weighted by Crippen LogP contribution is -2.46. The Kier molecular flexibility index (Phi) is 6.46. The number of hydrogen-bond donors (Lipinski definition) is 1. The molecule has 0 spiro atoms. The van der Waals surface area contributed by atoms with E-state index in [0.29, 0.717) is 29.2 Å². The van der Waals surface area contributed by atoms with Gasteiger partial charge in [0.05, 0.1) is 18.7 Å². The van der Waals surface area contributed by atoms with Crippen LogP contribution >= 0.6 is 0 Å². The van der Waals surface area contributed by atoms with Gasteiger partial charge in [0.2, 0.25) is 5.91 Å². The van der Waals surface area contributed by atoms with Gasteiger partial charge in [-0.25, -0.2) is 0 Å². The van der Waals surface area contributed by atoms with Crippen molar-refractivity contribution in [3.63, 3.8) is 0 Å². The molecule has 0 aliphatic carbocycles. The molecule has 2 aromatic carbocycles. The minimum Gasteiger partial charge on any atom is -0.492 e. The number of anilines is 1. The van der Waals surface area contributed by atoms with Crippen LogP contribution in [0.1, 0.15) is 29.8 Å². The normalized spacial score (nSPS) is 14.0. The number of amides is 3. The van der Waals surface area contributed by atoms with Gasteiger partial charge < -0.3 is 14.8 Å². The minimum atomic E-state index is -1.13. The first-order valence-corrected chi connectivity index (χ1v) is 9.55. The quantitative estimate of drug-likeness (QED) is 0.555. The van der Waals surface area contributed by atoms with E-state index in [1.54, 1.807) is 48.5 Å². The van der Waals surface area contributed by atoms with Gasteiger partial charge in [-0.15, -0.1) is 0 Å². The molecule has 3 amide bonds. The second-order valence-corrected chi connectivity index (χ2v) is 6.67. The molecule has 1 N–H and O–H groups in total. The zero-order chi connectivity index (χ0) is 21.7. The van der Waals surface area contributed by atoms with Crippen molar-refractivity contribution in [3.8, 4) is 5.75 Å². The highest BCUT2D eigenvalue weighted by atomic mass is 16.5. The van der Waals surface area contributed by atoms with Crippen LogP contribution in [-0.2, 0) is 25.5 Å². The summed E-state index contributed by atoms with van der Waals surface area (Å²) in [6.45, 7) is 3.11. The third kappa shape index (κ3) is 4.65. The molecule has 1 heterocycles. The number of imide groups is 1. The summed E-state index contributed by atoms with van der Waals surface area (Å²) >= 11 is 0. The number of benzene rings is 2. The standard InChI is InChI=1S/C22H22N2O6/c1-3-29-18-11-7-6-10-17(18)23-21(27)14(2)30-20(26)13-24-19(25)12-15-8-4-5-9-16(15)22(24)28/h4-11,14H,3,12-13H2,1-2H3,(H,23,27)/t14-/m1/s1. The molecule has 30 heavy (non-hydrogen) atoms. The lowest BCUT2D eigenvalue weighted by molar-refractivity contribution is -0.155. The fourth-order valence-corrected chi connectivity index (χ4v) is 3.06. The number of rotatable bonds is 7. The molecular weight excluding hydrogens is 388 g/mol. The summed E-state index contributed by atoms with van der Waals surface area (Å²) in [6.07, 6.45) is -1.10. The molecule has 8 heteroatoms. The van der Waals surface area contributed by atoms with Crippen molar-refractivity contribution in [1.82, 2.24) is 4.90 Å². The van der Waals surface area contributed by atoms with Gasteiger partial charge in [-0.05, 0) is 37.6 Å². The Morgan fingerprint density at radius 3 is 2.57 bits per heavy atom. The van der Waals surface area contributed by atoms with Crippen LogP contribution in [0.15, 0.2) is 48.5 Å². The highest BCUT2D eigenvalue weighted by Gasteiger charge is 2.33. The SMILES string of the molecule is CCOc1ccccc1NC(=O)[C@@H](C)OC(=O)CN1C(=O)Cc2ccccc2C1=O. The first-order chi connectivity index (χ1) is 14.4. The van der Waals surface area contributed by atoms with Gasteiger partial charge in [0.15, 0.2) is 6.10 Å². The fourth-order valence-electron chi connectivity index (χ4n) is 3.06. The molecule has 8 nitrogen and oxygen atoms in total. The lowest BCUT2D eigenvalue weighted by atomic mass is 9.98. The summed E-state index contributed by atoms with van der Waals surface area (Å²) < 4.78 is 10.6. The fraction of sp³-hybridized carbons (Fsp3) is 0.273. The largest absolute Gasteiger partial charge is 0.492 e. The highest BCUT2D eigenvalue weighted by molar-refractivity contribution is 6.11. The third-order valence-electron chi connectivity index (χ3n) is 4.55. The molecule has 0 saturated carbocycles. The Morgan fingerprint density at radius 1 is 1.10 bits per heavy atom. The van der Waals surface area contributed by atoms with Gasteiger partial charge >= 0.3 is 5.97 Å². The summed E-state index contributed by atoms with van der Waals surface area (Å²) in [6, 6.07) is 13.6. The molecular formula is C22H22N2O6. The Hall–Kier alpha value is -3.68. The molecule has 2 aromatic rings. The topological polar surface area (TPSA) is 102 Å². The number of fused-ring (bicyclic) bond motifs is 1. The predicted molar refractivity (Wildman–Crippen MR) is 108 cm³/mol. The van der Waals surface area contributed by atoms with E-state index in [1.807, 2.05) is 6.92 Å². The lowest BCUT2D eigenvalue weighted by Gasteiger charge is -2.26. The Morgan fingerprint density at radius 2 is 1.80 bits per heavy atom. The maximum Gasteiger partial charge on any atom is 0.326 e. The second-order valence-electron chi connectivity index (χ2n) is 6.67. The summed E-state index contributed by atoms with van der Waals surface area (Å²) in [5.74, 6) is -1.95. The summed E-state index contributed by atoms with van der Waals surface area (Å²) in [4.78, 5) is 50.3. The van der Waals surface area contributed by atoms with Crippen molar-refractivity contribution in [2.24, 2.45) is 0 Å². The van der Waals surface area contributed by atoms with Crippen molar-refractivity contribution in [2.45, 2.75) is 26.4 Å². The molecule has 156 valence electrons. The van der Waals surface area contributed by atoms with Gasteiger partial charge in [-0.1, -0.05) is 30.3 Å². The predicted octanol–water partition coefficient (Wildman–Crippen LogP) is 2.18. The van der Waals surface area contributed by atoms with Crippen molar-refractivity contribution in [1.29, 1.82) is 0 Å². The molecule has 0 aromatic heterocycles. The van der Waals surface area contributed by atoms with Crippen LogP contribution < -0.4 is 10.1 Å². The number of carbonyl (C=O) groups is 4. The van der Waals surface area contributed by atoms with Crippen molar-refractivity contribution in [2.75, 3.05) is 18.5 Å². The van der Waals surface area contributed by atoms with E-state index >= 15 is 0 Å². The zero-order valence-corrected chi connectivity index (χ0v) is 16.7. The smallest absolute Gasteiger partial charge is 0.326 e. The van der Waals surface area contributed by atoms with Crippen LogP contribution in [0.25, 0.3) is 0 Å². The monoisotopic (exact) mass is 410 g/mol. The van der Waals surface area contributed by atoms with Crippen LogP contribution in [0.5, 0.6) is 5.75 Å². The van der Waals surface area contributed by atoms with Crippen LogP contribution in [0.3, 0.4) is 0 Å². The number of carbonyl (C=O) groups excluding carboxylic acids is 4. The number of ether oxygens (including phenoxy) is 2. The average Bonchev–Trinajstić information content (AvgIpc) is 2.72. The zero-order valence-electron chi connectivity index (χ0n) is 16.7. The van der Waals surface area contributed by atoms with Gasteiger partial charge in [0.25, 0.3) is 11.8 Å². The first-order valence-electron chi connectivity index (χ1n) is 9.55. The van der Waals surface area contributed by atoms with Gasteiger partial charge in [0, 0.05) is 5.56 Å². The molecule has 0 fully saturated rings. The number of nitrogens with zero attached hydrogens (tertiary/aromatic N) is 1. The molecule has 3 rings (SSSR count). The van der Waals surface area contributed by atoms with E-state index in [4.69, 9.17) is 9.47 Å². The van der Waals surface area contributed by atoms with E-state index < -0.39 is 36.3 Å². The maximum absolute atomic E-state index is 12.5. The Bertz CT molecular complexity index is 987. The van der Waals surface area contributed by atoms with Gasteiger partial charge in [-0.3, -0.25) is 24.1 Å². The van der Waals surface area contributed by atoms with Crippen LogP contribution in [0.2, 0.25) is 0 Å². The number of para-hydroxylation sites is 2. The Labute approximate surface area is 173 Å². The van der Waals surface area contributed by atoms with Crippen LogP contribution in [-0.4, -0.2) is 47.8 Å². The van der Waals surface area contributed by atoms with E-state index in [2.05, 4.69) is 5.32 Å². The molecule has 0 unspecified atom stereocenters. The number of esters is 1. The van der Waals surface area contributed by atoms with E-state index in [9.17, 15) is 19.2 Å². The minimum absolute atomic E-state index is 0.0272. The molecule has 1 atom stereocenters. The van der Waals surface area contributed by atoms with E-state index in [0.717, 1.165) is 4.90 Å². The van der Waals surface area contributed by atoms with E-state index in [-0.39, 0.29) is 6.42 Å². The van der Waals surface area contributed by atoms with Crippen molar-refractivity contribution < 1.29 is 28.7 Å². The van der Waals surface area contributed by atoms with E-state index in [1.165, 1.54) is 6.92 Å². The first kappa shape index (κ1) is 21.0. The van der Waals surface area contributed by atoms with Crippen LogP contribution in [0.4, 0.5) is 5.69 Å². The van der Waals surface area contributed by atoms with Gasteiger partial charge in [0.1, 0.15) is 12.3 Å². The maximum atomic E-state index is 12.5. The summed E-state index contributed by atoms with van der Waals surface area (Å²) in [5, 5.41) is 2.65. The van der Waals surface area contributed by atoms with Crippen LogP contribution in [0, 0.1) is 0 Å². The molecule has 0 radical (unpaired) electrons. The summed E-state index contributed by atoms with van der Waals surface area (Å²) in [7, 11) is 0. The average molecular weight is 410 g/mol. The molecule has 0 saturated heterocycles. The molecule has 0 bridgehead atoms. The van der Waals surface area contributed by atoms with Gasteiger partial charge in [-0.2, -0.15) is 0 Å². The molecule has 1 aliphatic rings. The second kappa shape index (κ2) is 9.21. The summed E-state index contributed by atoms with van der Waals surface area (Å²) in [5.41, 5.74) is 1.45. The molecule has 1 aliphatic heterocycles. The highest BCUT2D eigenvalue weighted by Crippen LogP contribution is 2.24. The number of nitrogens with one attached hydrogen (secondary N) is 1. The van der Waals surface area contributed by atoms with Crippen molar-refractivity contribution >= 4 is 29.4 Å².